The normalized spacial score (nSPS) is 26.9. The lowest BCUT2D eigenvalue weighted by Crippen LogP contribution is -2.54. The molecule has 3 fully saturated rings. The highest BCUT2D eigenvalue weighted by Gasteiger charge is 2.31. The molecule has 27 heavy (non-hydrogen) atoms. The number of benzene rings is 1. The van der Waals surface area contributed by atoms with Crippen LogP contribution >= 0.6 is 0 Å². The predicted molar refractivity (Wildman–Crippen MR) is 114 cm³/mol. The lowest BCUT2D eigenvalue weighted by atomic mass is 9.99. The SMILES string of the molecule is c1ccc(C2CCN(CC(N3CCCCCC3)N3CCCCCC3)C2)cc1. The van der Waals surface area contributed by atoms with E-state index in [1.165, 1.54) is 104 Å². The zero-order valence-electron chi connectivity index (χ0n) is 17.2. The second kappa shape index (κ2) is 10.0. The average molecular weight is 370 g/mol. The predicted octanol–water partition coefficient (Wildman–Crippen LogP) is 4.55. The molecule has 0 amide bonds. The number of hydrogen-bond donors (Lipinski definition) is 0. The van der Waals surface area contributed by atoms with Crippen molar-refractivity contribution in [3.63, 3.8) is 0 Å². The molecule has 1 aromatic carbocycles. The molecular formula is C24H39N3. The lowest BCUT2D eigenvalue weighted by Gasteiger charge is -2.41. The number of rotatable bonds is 5. The minimum absolute atomic E-state index is 0.649. The van der Waals surface area contributed by atoms with E-state index < -0.39 is 0 Å². The van der Waals surface area contributed by atoms with E-state index in [9.17, 15) is 0 Å². The van der Waals surface area contributed by atoms with Crippen LogP contribution in [0.1, 0.15) is 69.3 Å². The van der Waals surface area contributed by atoms with Crippen molar-refractivity contribution in [3.05, 3.63) is 35.9 Å². The summed E-state index contributed by atoms with van der Waals surface area (Å²) < 4.78 is 0. The minimum Gasteiger partial charge on any atom is -0.300 e. The van der Waals surface area contributed by atoms with E-state index >= 15 is 0 Å². The molecule has 3 heteroatoms. The Morgan fingerprint density at radius 1 is 0.704 bits per heavy atom. The van der Waals surface area contributed by atoms with Crippen LogP contribution in [0.2, 0.25) is 0 Å². The van der Waals surface area contributed by atoms with Gasteiger partial charge in [-0.1, -0.05) is 56.0 Å². The van der Waals surface area contributed by atoms with Crippen LogP contribution in [0.15, 0.2) is 30.3 Å². The van der Waals surface area contributed by atoms with Gasteiger partial charge in [0, 0.05) is 13.1 Å². The zero-order chi connectivity index (χ0) is 18.3. The molecule has 3 aliphatic rings. The first kappa shape index (κ1) is 19.4. The molecule has 0 aliphatic carbocycles. The Labute approximate surface area is 166 Å². The minimum atomic E-state index is 0.649. The third-order valence-electron chi connectivity index (χ3n) is 7.09. The van der Waals surface area contributed by atoms with Gasteiger partial charge in [-0.3, -0.25) is 14.7 Å². The molecule has 3 nitrogen and oxygen atoms in total. The molecule has 0 bridgehead atoms. The molecule has 0 radical (unpaired) electrons. The van der Waals surface area contributed by atoms with Crippen molar-refractivity contribution in [1.29, 1.82) is 0 Å². The van der Waals surface area contributed by atoms with Gasteiger partial charge in [0.25, 0.3) is 0 Å². The molecule has 4 rings (SSSR count). The highest BCUT2D eigenvalue weighted by molar-refractivity contribution is 5.21. The van der Waals surface area contributed by atoms with Crippen molar-refractivity contribution in [2.24, 2.45) is 0 Å². The van der Waals surface area contributed by atoms with E-state index in [0.717, 1.165) is 5.92 Å². The molecule has 0 spiro atoms. The molecule has 0 saturated carbocycles. The van der Waals surface area contributed by atoms with Crippen molar-refractivity contribution in [2.75, 3.05) is 45.8 Å². The topological polar surface area (TPSA) is 9.72 Å². The van der Waals surface area contributed by atoms with Crippen LogP contribution in [0, 0.1) is 0 Å². The highest BCUT2D eigenvalue weighted by Crippen LogP contribution is 2.28. The van der Waals surface area contributed by atoms with E-state index in [2.05, 4.69) is 45.0 Å². The first-order valence-electron chi connectivity index (χ1n) is 11.7. The summed E-state index contributed by atoms with van der Waals surface area (Å²) in [5.74, 6) is 0.736. The first-order chi connectivity index (χ1) is 13.4. The summed E-state index contributed by atoms with van der Waals surface area (Å²) in [6, 6.07) is 11.2. The summed E-state index contributed by atoms with van der Waals surface area (Å²) in [4.78, 5) is 8.49. The standard InChI is InChI=1S/C24H39N3/c1-2-9-16-26(15-8-1)24(27-17-10-3-4-11-18-27)21-25-19-14-23(20-25)22-12-6-5-7-13-22/h5-7,12-13,23-24H,1-4,8-11,14-21H2. The van der Waals surface area contributed by atoms with Crippen molar-refractivity contribution in [2.45, 2.75) is 69.9 Å². The maximum absolute atomic E-state index is 2.86. The van der Waals surface area contributed by atoms with Crippen LogP contribution in [0.4, 0.5) is 0 Å². The molecule has 3 heterocycles. The molecule has 1 atom stereocenters. The summed E-state index contributed by atoms with van der Waals surface area (Å²) in [5.41, 5.74) is 1.54. The maximum Gasteiger partial charge on any atom is 0.0753 e. The van der Waals surface area contributed by atoms with Crippen LogP contribution in [0.25, 0.3) is 0 Å². The molecule has 0 N–H and O–H groups in total. The van der Waals surface area contributed by atoms with Gasteiger partial charge in [-0.2, -0.15) is 0 Å². The van der Waals surface area contributed by atoms with Gasteiger partial charge >= 0.3 is 0 Å². The van der Waals surface area contributed by atoms with Crippen molar-refractivity contribution in [1.82, 2.24) is 14.7 Å². The Morgan fingerprint density at radius 2 is 1.26 bits per heavy atom. The largest absolute Gasteiger partial charge is 0.300 e. The average Bonchev–Trinajstić information content (AvgIpc) is 2.91. The Kier molecular flexibility index (Phi) is 7.22. The quantitative estimate of drug-likeness (QED) is 0.754. The summed E-state index contributed by atoms with van der Waals surface area (Å²) in [5, 5.41) is 0. The molecular weight excluding hydrogens is 330 g/mol. The van der Waals surface area contributed by atoms with Crippen LogP contribution in [-0.2, 0) is 0 Å². The van der Waals surface area contributed by atoms with Gasteiger partial charge in [0.2, 0.25) is 0 Å². The number of hydrogen-bond acceptors (Lipinski definition) is 3. The fourth-order valence-corrected chi connectivity index (χ4v) is 5.47. The lowest BCUT2D eigenvalue weighted by molar-refractivity contribution is 0.0227. The van der Waals surface area contributed by atoms with E-state index in [1.807, 2.05) is 0 Å². The van der Waals surface area contributed by atoms with E-state index in [-0.39, 0.29) is 0 Å². The van der Waals surface area contributed by atoms with Crippen molar-refractivity contribution >= 4 is 0 Å². The van der Waals surface area contributed by atoms with Crippen LogP contribution in [-0.4, -0.2) is 66.7 Å². The number of likely N-dealkylation sites (tertiary alicyclic amines) is 3. The van der Waals surface area contributed by atoms with E-state index in [4.69, 9.17) is 0 Å². The van der Waals surface area contributed by atoms with Gasteiger partial charge in [-0.05, 0) is 76.3 Å². The summed E-state index contributed by atoms with van der Waals surface area (Å²) in [6.07, 6.45) is 13.3. The second-order valence-corrected chi connectivity index (χ2v) is 9.04. The van der Waals surface area contributed by atoms with Gasteiger partial charge in [-0.25, -0.2) is 0 Å². The second-order valence-electron chi connectivity index (χ2n) is 9.04. The summed E-state index contributed by atoms with van der Waals surface area (Å²) in [6.45, 7) is 9.05. The van der Waals surface area contributed by atoms with Gasteiger partial charge in [0.15, 0.2) is 0 Å². The Hall–Kier alpha value is -0.900. The van der Waals surface area contributed by atoms with Gasteiger partial charge < -0.3 is 0 Å². The third kappa shape index (κ3) is 5.34. The zero-order valence-corrected chi connectivity index (χ0v) is 17.2. The molecule has 1 aromatic rings. The van der Waals surface area contributed by atoms with Crippen molar-refractivity contribution < 1.29 is 0 Å². The maximum atomic E-state index is 2.86. The number of nitrogens with zero attached hydrogens (tertiary/aromatic N) is 3. The van der Waals surface area contributed by atoms with Gasteiger partial charge in [0.05, 0.1) is 6.17 Å². The summed E-state index contributed by atoms with van der Waals surface area (Å²) >= 11 is 0. The Bertz CT molecular complexity index is 510. The van der Waals surface area contributed by atoms with Crippen LogP contribution in [0.3, 0.4) is 0 Å². The highest BCUT2D eigenvalue weighted by atomic mass is 15.4. The molecule has 1 unspecified atom stereocenters. The Morgan fingerprint density at radius 3 is 1.81 bits per heavy atom. The van der Waals surface area contributed by atoms with E-state index in [0.29, 0.717) is 6.17 Å². The fraction of sp³-hybridized carbons (Fsp3) is 0.750. The molecule has 150 valence electrons. The van der Waals surface area contributed by atoms with Gasteiger partial charge in [0.1, 0.15) is 0 Å². The van der Waals surface area contributed by atoms with E-state index in [1.54, 1.807) is 5.56 Å². The monoisotopic (exact) mass is 369 g/mol. The fourth-order valence-electron chi connectivity index (χ4n) is 5.47. The first-order valence-corrected chi connectivity index (χ1v) is 11.7. The van der Waals surface area contributed by atoms with Crippen LogP contribution in [0.5, 0.6) is 0 Å². The third-order valence-corrected chi connectivity index (χ3v) is 7.09. The summed E-state index contributed by atoms with van der Waals surface area (Å²) in [7, 11) is 0. The molecule has 3 saturated heterocycles. The smallest absolute Gasteiger partial charge is 0.0753 e. The van der Waals surface area contributed by atoms with Crippen molar-refractivity contribution in [3.8, 4) is 0 Å². The molecule has 3 aliphatic heterocycles. The molecule has 0 aromatic heterocycles. The van der Waals surface area contributed by atoms with Gasteiger partial charge in [-0.15, -0.1) is 0 Å². The van der Waals surface area contributed by atoms with Crippen LogP contribution < -0.4 is 0 Å². The Balaban J connectivity index is 1.42.